The van der Waals surface area contributed by atoms with Gasteiger partial charge in [-0.2, -0.15) is 0 Å². The number of ether oxygens (including phenoxy) is 1. The third-order valence-electron chi connectivity index (χ3n) is 4.20. The zero-order chi connectivity index (χ0) is 16.5. The van der Waals surface area contributed by atoms with Crippen LogP contribution in [0.1, 0.15) is 13.3 Å². The number of hydrogen-bond donors (Lipinski definition) is 0. The van der Waals surface area contributed by atoms with Gasteiger partial charge < -0.3 is 4.74 Å². The molecule has 0 saturated heterocycles. The molecule has 0 bridgehead atoms. The van der Waals surface area contributed by atoms with Crippen LogP contribution in [0.5, 0.6) is 0 Å². The maximum atomic E-state index is 5.51. The molecular weight excluding hydrogens is 316 g/mol. The second kappa shape index (κ2) is 8.80. The van der Waals surface area contributed by atoms with Crippen molar-refractivity contribution >= 4 is 35.7 Å². The zero-order valence-corrected chi connectivity index (χ0v) is 15.5. The molecule has 0 saturated carbocycles. The number of rotatable bonds is 8. The fourth-order valence-corrected chi connectivity index (χ4v) is 7.72. The molecule has 0 aromatic heterocycles. The molecular formula is C20H24OSSi. The minimum atomic E-state index is -1.86. The summed E-state index contributed by atoms with van der Waals surface area (Å²) < 4.78 is 5.51. The second-order valence-corrected chi connectivity index (χ2v) is 10.6. The zero-order valence-electron chi connectivity index (χ0n) is 13.7. The first-order chi connectivity index (χ1) is 11.2. The van der Waals surface area contributed by atoms with Crippen LogP contribution in [0.3, 0.4) is 0 Å². The fraction of sp³-hybridized carbons (Fsp3) is 0.250. The van der Waals surface area contributed by atoms with Gasteiger partial charge in [-0.3, -0.25) is 0 Å². The molecule has 0 fully saturated rings. The Hall–Kier alpha value is -1.71. The Labute approximate surface area is 146 Å². The van der Waals surface area contributed by atoms with Gasteiger partial charge in [0.25, 0.3) is 0 Å². The van der Waals surface area contributed by atoms with Crippen LogP contribution in [0.15, 0.2) is 73.3 Å². The summed E-state index contributed by atoms with van der Waals surface area (Å²) in [5.74, 6) is 0. The van der Waals surface area contributed by atoms with Gasteiger partial charge in [0.05, 0.1) is 6.61 Å². The molecule has 2 aromatic carbocycles. The molecule has 2 rings (SSSR count). The van der Waals surface area contributed by atoms with Gasteiger partial charge >= 0.3 is 0 Å². The topological polar surface area (TPSA) is 9.23 Å². The Morgan fingerprint density at radius 1 is 1.04 bits per heavy atom. The Morgan fingerprint density at radius 2 is 1.57 bits per heavy atom. The molecule has 0 aliphatic heterocycles. The van der Waals surface area contributed by atoms with Crippen molar-refractivity contribution < 1.29 is 4.74 Å². The van der Waals surface area contributed by atoms with Crippen LogP contribution in [0.4, 0.5) is 0 Å². The first kappa shape index (κ1) is 17.6. The van der Waals surface area contributed by atoms with E-state index in [0.29, 0.717) is 11.7 Å². The Balaban J connectivity index is 2.35. The van der Waals surface area contributed by atoms with Crippen LogP contribution < -0.4 is 10.4 Å². The monoisotopic (exact) mass is 340 g/mol. The first-order valence-corrected chi connectivity index (χ1v) is 10.9. The van der Waals surface area contributed by atoms with Crippen LogP contribution in [0.25, 0.3) is 0 Å². The van der Waals surface area contributed by atoms with E-state index < -0.39 is 8.07 Å². The third-order valence-corrected chi connectivity index (χ3v) is 9.39. The summed E-state index contributed by atoms with van der Waals surface area (Å²) >= 11 is 5.01. The van der Waals surface area contributed by atoms with Crippen molar-refractivity contribution in [3.8, 4) is 0 Å². The van der Waals surface area contributed by atoms with Crippen molar-refractivity contribution in [2.24, 2.45) is 0 Å². The Morgan fingerprint density at radius 3 is 2.00 bits per heavy atom. The highest BCUT2D eigenvalue weighted by Crippen LogP contribution is 2.19. The molecule has 2 aromatic rings. The molecule has 0 spiro atoms. The van der Waals surface area contributed by atoms with Crippen molar-refractivity contribution in [2.75, 3.05) is 6.61 Å². The minimum absolute atomic E-state index is 0.625. The van der Waals surface area contributed by atoms with Gasteiger partial charge in [0.2, 0.25) is 0 Å². The molecule has 1 nitrogen and oxygen atoms in total. The van der Waals surface area contributed by atoms with Gasteiger partial charge in [-0.1, -0.05) is 77.1 Å². The highest BCUT2D eigenvalue weighted by atomic mass is 32.1. The number of benzene rings is 2. The van der Waals surface area contributed by atoms with Crippen molar-refractivity contribution in [3.63, 3.8) is 0 Å². The van der Waals surface area contributed by atoms with Gasteiger partial charge in [-0.15, -0.1) is 6.58 Å². The SMILES string of the molecule is C=CC[Si](CCCOC(C)=S)(c1ccccc1)c1ccccc1. The molecule has 0 amide bonds. The van der Waals surface area contributed by atoms with Gasteiger partial charge in [0, 0.05) is 6.92 Å². The molecule has 0 heterocycles. The van der Waals surface area contributed by atoms with E-state index >= 15 is 0 Å². The summed E-state index contributed by atoms with van der Waals surface area (Å²) in [5, 5.41) is 3.55. The highest BCUT2D eigenvalue weighted by molar-refractivity contribution is 7.80. The lowest BCUT2D eigenvalue weighted by Crippen LogP contribution is -2.57. The average Bonchev–Trinajstić information content (AvgIpc) is 2.59. The summed E-state index contributed by atoms with van der Waals surface area (Å²) in [4.78, 5) is 0. The minimum Gasteiger partial charge on any atom is -0.487 e. The predicted molar refractivity (Wildman–Crippen MR) is 107 cm³/mol. The smallest absolute Gasteiger partial charge is 0.156 e. The second-order valence-electron chi connectivity index (χ2n) is 5.75. The van der Waals surface area contributed by atoms with Crippen LogP contribution in [-0.2, 0) is 4.74 Å². The van der Waals surface area contributed by atoms with Crippen LogP contribution in [0, 0.1) is 0 Å². The van der Waals surface area contributed by atoms with Crippen molar-refractivity contribution in [3.05, 3.63) is 73.3 Å². The number of hydrogen-bond acceptors (Lipinski definition) is 2. The Kier molecular flexibility index (Phi) is 6.75. The molecule has 0 aliphatic rings. The van der Waals surface area contributed by atoms with Crippen molar-refractivity contribution in [2.45, 2.75) is 25.4 Å². The molecule has 0 radical (unpaired) electrons. The van der Waals surface area contributed by atoms with Crippen LogP contribution in [-0.4, -0.2) is 19.7 Å². The summed E-state index contributed by atoms with van der Waals surface area (Å²) in [6.07, 6.45) is 3.09. The average molecular weight is 341 g/mol. The molecule has 3 heteroatoms. The standard InChI is InChI=1S/C20H24OSSi/c1-3-16-23(17-10-15-21-18(2)22,19-11-6-4-7-12-19)20-13-8-5-9-14-20/h3-9,11-14H,1,10,15-17H2,2H3. The van der Waals surface area contributed by atoms with Gasteiger partial charge in [-0.25, -0.2) is 0 Å². The summed E-state index contributed by atoms with van der Waals surface area (Å²) in [7, 11) is -1.86. The Bertz CT molecular complexity index is 585. The fourth-order valence-electron chi connectivity index (χ4n) is 3.14. The third kappa shape index (κ3) is 4.63. The summed E-state index contributed by atoms with van der Waals surface area (Å²) in [6, 6.07) is 24.0. The lowest BCUT2D eigenvalue weighted by Gasteiger charge is -2.32. The van der Waals surface area contributed by atoms with Crippen LogP contribution in [0.2, 0.25) is 12.1 Å². The van der Waals surface area contributed by atoms with Crippen molar-refractivity contribution in [1.82, 2.24) is 0 Å². The first-order valence-electron chi connectivity index (χ1n) is 8.04. The van der Waals surface area contributed by atoms with Crippen molar-refractivity contribution in [1.29, 1.82) is 0 Å². The largest absolute Gasteiger partial charge is 0.487 e. The predicted octanol–water partition coefficient (Wildman–Crippen LogP) is 4.19. The molecule has 120 valence electrons. The van der Waals surface area contributed by atoms with E-state index in [1.165, 1.54) is 10.4 Å². The molecule has 23 heavy (non-hydrogen) atoms. The summed E-state index contributed by atoms with van der Waals surface area (Å²) in [5.41, 5.74) is 0. The lowest BCUT2D eigenvalue weighted by molar-refractivity contribution is 0.310. The van der Waals surface area contributed by atoms with Gasteiger partial charge in [0.1, 0.15) is 8.07 Å². The van der Waals surface area contributed by atoms with Gasteiger partial charge in [-0.05, 0) is 30.7 Å². The van der Waals surface area contributed by atoms with E-state index in [9.17, 15) is 0 Å². The van der Waals surface area contributed by atoms with E-state index in [1.807, 2.05) is 6.92 Å². The maximum absolute atomic E-state index is 5.51. The normalized spacial score (nSPS) is 11.0. The maximum Gasteiger partial charge on any atom is 0.156 e. The molecule has 0 unspecified atom stereocenters. The molecule has 0 aliphatic carbocycles. The quantitative estimate of drug-likeness (QED) is 0.308. The van der Waals surface area contributed by atoms with E-state index in [0.717, 1.165) is 18.5 Å². The van der Waals surface area contributed by atoms with E-state index in [-0.39, 0.29) is 0 Å². The highest BCUT2D eigenvalue weighted by Gasteiger charge is 2.35. The molecule has 0 N–H and O–H groups in total. The molecule has 0 atom stereocenters. The number of allylic oxidation sites excluding steroid dienone is 1. The van der Waals surface area contributed by atoms with E-state index in [1.54, 1.807) is 0 Å². The van der Waals surface area contributed by atoms with Crippen LogP contribution >= 0.6 is 12.2 Å². The van der Waals surface area contributed by atoms with E-state index in [2.05, 4.69) is 73.3 Å². The lowest BCUT2D eigenvalue weighted by atomic mass is 10.4. The number of thiocarbonyl (C=S) groups is 1. The summed E-state index contributed by atoms with van der Waals surface area (Å²) in [6.45, 7) is 6.56. The van der Waals surface area contributed by atoms with Gasteiger partial charge in [0.15, 0.2) is 5.05 Å². The van der Waals surface area contributed by atoms with E-state index in [4.69, 9.17) is 17.0 Å².